The predicted octanol–water partition coefficient (Wildman–Crippen LogP) is 2.92. The van der Waals surface area contributed by atoms with Gasteiger partial charge >= 0.3 is 5.97 Å². The Balaban J connectivity index is 2.03. The number of aliphatic carboxylic acids is 1. The maximum Gasteiger partial charge on any atom is 0.305 e. The molecule has 1 atom stereocenters. The second-order valence-electron chi connectivity index (χ2n) is 6.47. The molecule has 0 aliphatic carbocycles. The van der Waals surface area contributed by atoms with Crippen LogP contribution in [0.15, 0.2) is 42.5 Å². The fourth-order valence-corrected chi connectivity index (χ4v) is 2.76. The molecule has 134 valence electrons. The SMILES string of the molecule is Cc1ccc(CC(=O)N[C@@H](CC(=O)O)Cc2ccc(C#N)cc2)cc1C. The Labute approximate surface area is 153 Å². The van der Waals surface area contributed by atoms with Crippen molar-refractivity contribution in [3.8, 4) is 6.07 Å². The third kappa shape index (κ3) is 5.75. The highest BCUT2D eigenvalue weighted by molar-refractivity contribution is 5.79. The molecule has 2 N–H and O–H groups in total. The minimum absolute atomic E-state index is 0.154. The van der Waals surface area contributed by atoms with E-state index in [1.54, 1.807) is 24.3 Å². The zero-order valence-electron chi connectivity index (χ0n) is 15.0. The Morgan fingerprint density at radius 1 is 1.08 bits per heavy atom. The molecule has 0 spiro atoms. The second-order valence-corrected chi connectivity index (χ2v) is 6.47. The van der Waals surface area contributed by atoms with Gasteiger partial charge in [0.05, 0.1) is 24.5 Å². The van der Waals surface area contributed by atoms with Gasteiger partial charge in [-0.2, -0.15) is 5.26 Å². The largest absolute Gasteiger partial charge is 0.481 e. The van der Waals surface area contributed by atoms with Crippen LogP contribution in [0.25, 0.3) is 0 Å². The van der Waals surface area contributed by atoms with Crippen molar-refractivity contribution in [3.05, 3.63) is 70.3 Å². The number of carboxylic acids is 1. The predicted molar refractivity (Wildman–Crippen MR) is 98.7 cm³/mol. The quantitative estimate of drug-likeness (QED) is 0.803. The van der Waals surface area contributed by atoms with Crippen molar-refractivity contribution in [1.29, 1.82) is 5.26 Å². The van der Waals surface area contributed by atoms with Gasteiger partial charge in [-0.3, -0.25) is 9.59 Å². The smallest absolute Gasteiger partial charge is 0.305 e. The summed E-state index contributed by atoms with van der Waals surface area (Å²) in [6, 6.07) is 14.3. The Hall–Kier alpha value is -3.13. The zero-order chi connectivity index (χ0) is 19.1. The summed E-state index contributed by atoms with van der Waals surface area (Å²) in [7, 11) is 0. The van der Waals surface area contributed by atoms with E-state index >= 15 is 0 Å². The molecule has 0 aliphatic rings. The van der Waals surface area contributed by atoms with E-state index < -0.39 is 12.0 Å². The van der Waals surface area contributed by atoms with Crippen LogP contribution < -0.4 is 5.32 Å². The molecule has 0 radical (unpaired) electrons. The number of aryl methyl sites for hydroxylation is 2. The summed E-state index contributed by atoms with van der Waals surface area (Å²) in [4.78, 5) is 23.5. The van der Waals surface area contributed by atoms with Gasteiger partial charge in [0.15, 0.2) is 0 Å². The van der Waals surface area contributed by atoms with E-state index in [-0.39, 0.29) is 18.7 Å². The average Bonchev–Trinajstić information content (AvgIpc) is 2.58. The number of rotatable bonds is 7. The van der Waals surface area contributed by atoms with Gasteiger partial charge in [-0.1, -0.05) is 30.3 Å². The lowest BCUT2D eigenvalue weighted by Gasteiger charge is -2.17. The molecule has 0 bridgehead atoms. The summed E-state index contributed by atoms with van der Waals surface area (Å²) in [5.74, 6) is -1.16. The Morgan fingerprint density at radius 2 is 1.73 bits per heavy atom. The molecule has 0 heterocycles. The van der Waals surface area contributed by atoms with E-state index in [1.807, 2.05) is 38.1 Å². The van der Waals surface area contributed by atoms with Gasteiger partial charge in [0, 0.05) is 6.04 Å². The number of carbonyl (C=O) groups is 2. The van der Waals surface area contributed by atoms with E-state index in [1.165, 1.54) is 5.56 Å². The molecule has 2 aromatic carbocycles. The van der Waals surface area contributed by atoms with Crippen LogP contribution in [0.3, 0.4) is 0 Å². The van der Waals surface area contributed by atoms with E-state index in [9.17, 15) is 9.59 Å². The molecule has 1 amide bonds. The first kappa shape index (κ1) is 19.2. The molecular weight excluding hydrogens is 328 g/mol. The molecule has 5 heteroatoms. The number of carbonyl (C=O) groups excluding carboxylic acids is 1. The highest BCUT2D eigenvalue weighted by Gasteiger charge is 2.17. The molecule has 0 saturated heterocycles. The highest BCUT2D eigenvalue weighted by Crippen LogP contribution is 2.12. The van der Waals surface area contributed by atoms with Gasteiger partial charge in [-0.15, -0.1) is 0 Å². The summed E-state index contributed by atoms with van der Waals surface area (Å²) >= 11 is 0. The Kier molecular flexibility index (Phi) is 6.51. The van der Waals surface area contributed by atoms with Crippen molar-refractivity contribution in [2.45, 2.75) is 39.2 Å². The fourth-order valence-electron chi connectivity index (χ4n) is 2.76. The maximum absolute atomic E-state index is 12.3. The zero-order valence-corrected chi connectivity index (χ0v) is 15.0. The molecule has 0 aliphatic heterocycles. The van der Waals surface area contributed by atoms with Gasteiger partial charge in [-0.05, 0) is 54.7 Å². The molecule has 0 aromatic heterocycles. The minimum Gasteiger partial charge on any atom is -0.481 e. The molecule has 0 unspecified atom stereocenters. The number of nitriles is 1. The van der Waals surface area contributed by atoms with E-state index in [0.717, 1.165) is 16.7 Å². The second kappa shape index (κ2) is 8.82. The van der Waals surface area contributed by atoms with Crippen LogP contribution in [0.4, 0.5) is 0 Å². The molecule has 0 saturated carbocycles. The monoisotopic (exact) mass is 350 g/mol. The van der Waals surface area contributed by atoms with Crippen molar-refractivity contribution in [2.75, 3.05) is 0 Å². The minimum atomic E-state index is -0.963. The van der Waals surface area contributed by atoms with Crippen molar-refractivity contribution in [3.63, 3.8) is 0 Å². The number of benzene rings is 2. The van der Waals surface area contributed by atoms with Gasteiger partial charge in [0.1, 0.15) is 0 Å². The summed E-state index contributed by atoms with van der Waals surface area (Å²) in [6.45, 7) is 4.01. The average molecular weight is 350 g/mol. The van der Waals surface area contributed by atoms with Crippen LogP contribution in [0, 0.1) is 25.2 Å². The number of carboxylic acid groups (broad SMARTS) is 1. The number of nitrogens with one attached hydrogen (secondary N) is 1. The van der Waals surface area contributed by atoms with Crippen molar-refractivity contribution in [1.82, 2.24) is 5.32 Å². The Bertz CT molecular complexity index is 835. The van der Waals surface area contributed by atoms with Gasteiger partial charge in [0.25, 0.3) is 0 Å². The molecule has 26 heavy (non-hydrogen) atoms. The number of nitrogens with zero attached hydrogens (tertiary/aromatic N) is 1. The van der Waals surface area contributed by atoms with E-state index in [2.05, 4.69) is 5.32 Å². The van der Waals surface area contributed by atoms with E-state index in [4.69, 9.17) is 10.4 Å². The molecule has 2 rings (SSSR count). The summed E-state index contributed by atoms with van der Waals surface area (Å²) in [5.41, 5.74) is 4.61. The van der Waals surface area contributed by atoms with Crippen LogP contribution >= 0.6 is 0 Å². The number of hydrogen-bond acceptors (Lipinski definition) is 3. The summed E-state index contributed by atoms with van der Waals surface area (Å²) < 4.78 is 0. The first-order valence-electron chi connectivity index (χ1n) is 8.43. The lowest BCUT2D eigenvalue weighted by atomic mass is 10.0. The van der Waals surface area contributed by atoms with Crippen LogP contribution in [0.2, 0.25) is 0 Å². The van der Waals surface area contributed by atoms with Crippen LogP contribution in [-0.4, -0.2) is 23.0 Å². The lowest BCUT2D eigenvalue weighted by Crippen LogP contribution is -2.39. The molecule has 5 nitrogen and oxygen atoms in total. The first-order chi connectivity index (χ1) is 12.4. The van der Waals surface area contributed by atoms with Crippen molar-refractivity contribution >= 4 is 11.9 Å². The van der Waals surface area contributed by atoms with Crippen LogP contribution in [0.5, 0.6) is 0 Å². The highest BCUT2D eigenvalue weighted by atomic mass is 16.4. The van der Waals surface area contributed by atoms with Crippen LogP contribution in [0.1, 0.15) is 34.2 Å². The number of amides is 1. The maximum atomic E-state index is 12.3. The third-order valence-corrected chi connectivity index (χ3v) is 4.29. The van der Waals surface area contributed by atoms with Gasteiger partial charge < -0.3 is 10.4 Å². The molecular formula is C21H22N2O3. The first-order valence-corrected chi connectivity index (χ1v) is 8.43. The fraction of sp³-hybridized carbons (Fsp3) is 0.286. The van der Waals surface area contributed by atoms with Gasteiger partial charge in [0.2, 0.25) is 5.91 Å². The third-order valence-electron chi connectivity index (χ3n) is 4.29. The Morgan fingerprint density at radius 3 is 2.31 bits per heavy atom. The van der Waals surface area contributed by atoms with Gasteiger partial charge in [-0.25, -0.2) is 0 Å². The van der Waals surface area contributed by atoms with Crippen molar-refractivity contribution in [2.24, 2.45) is 0 Å². The van der Waals surface area contributed by atoms with E-state index in [0.29, 0.717) is 12.0 Å². The molecule has 2 aromatic rings. The summed E-state index contributed by atoms with van der Waals surface area (Å²) in [5, 5.41) is 20.8. The lowest BCUT2D eigenvalue weighted by molar-refractivity contribution is -0.137. The number of hydrogen-bond donors (Lipinski definition) is 2. The summed E-state index contributed by atoms with van der Waals surface area (Å²) in [6.07, 6.45) is 0.458. The standard InChI is InChI=1S/C21H22N2O3/c1-14-3-4-18(9-15(14)2)11-20(24)23-19(12-21(25)26)10-16-5-7-17(13-22)8-6-16/h3-9,19H,10-12H2,1-2H3,(H,23,24)(H,25,26)/t19-/m1/s1. The van der Waals surface area contributed by atoms with Crippen LogP contribution in [-0.2, 0) is 22.4 Å². The topological polar surface area (TPSA) is 90.2 Å². The molecule has 0 fully saturated rings. The normalized spacial score (nSPS) is 11.4. The van der Waals surface area contributed by atoms with Crippen molar-refractivity contribution < 1.29 is 14.7 Å².